The Morgan fingerprint density at radius 1 is 1.17 bits per heavy atom. The maximum atomic E-state index is 12.4. The number of aromatic nitrogens is 2. The number of ether oxygens (including phenoxy) is 2. The Bertz CT molecular complexity index is 1030. The lowest BCUT2D eigenvalue weighted by Crippen LogP contribution is -2.42. The van der Waals surface area contributed by atoms with Gasteiger partial charge < -0.3 is 20.1 Å². The molecule has 2 amide bonds. The van der Waals surface area contributed by atoms with E-state index in [2.05, 4.69) is 15.7 Å². The number of sulfone groups is 1. The first-order valence-corrected chi connectivity index (χ1v) is 10.6. The van der Waals surface area contributed by atoms with Crippen molar-refractivity contribution in [3.8, 4) is 11.4 Å². The Morgan fingerprint density at radius 3 is 2.48 bits per heavy atom. The summed E-state index contributed by atoms with van der Waals surface area (Å²) in [7, 11) is -0.316. The quantitative estimate of drug-likeness (QED) is 0.645. The van der Waals surface area contributed by atoms with Crippen molar-refractivity contribution in [2.75, 3.05) is 26.1 Å². The van der Waals surface area contributed by atoms with Crippen LogP contribution in [0.25, 0.3) is 5.69 Å². The van der Waals surface area contributed by atoms with Crippen LogP contribution in [0.1, 0.15) is 18.2 Å². The van der Waals surface area contributed by atoms with Gasteiger partial charge in [-0.2, -0.15) is 5.10 Å². The van der Waals surface area contributed by atoms with Gasteiger partial charge in [-0.25, -0.2) is 13.1 Å². The van der Waals surface area contributed by atoms with Gasteiger partial charge in [-0.05, 0) is 31.2 Å². The molecule has 0 spiro atoms. The molecule has 0 aliphatic carbocycles. The molecule has 1 atom stereocenters. The summed E-state index contributed by atoms with van der Waals surface area (Å²) in [6.45, 7) is 1.94. The third-order valence-corrected chi connectivity index (χ3v) is 5.78. The molecule has 1 aromatic heterocycles. The van der Waals surface area contributed by atoms with Crippen LogP contribution in [-0.4, -0.2) is 56.9 Å². The smallest absolute Gasteiger partial charge is 0.314 e. The fourth-order valence-corrected chi connectivity index (χ4v) is 4.52. The van der Waals surface area contributed by atoms with Crippen molar-refractivity contribution < 1.29 is 27.5 Å². The van der Waals surface area contributed by atoms with Crippen LogP contribution < -0.4 is 15.4 Å². The number of fused-ring (bicyclic) bond motifs is 1. The van der Waals surface area contributed by atoms with Crippen molar-refractivity contribution in [3.63, 3.8) is 0 Å². The molecular formula is C18H22N4O6S. The summed E-state index contributed by atoms with van der Waals surface area (Å²) in [5, 5.41) is 9.37. The summed E-state index contributed by atoms with van der Waals surface area (Å²) in [6, 6.07) is 6.49. The van der Waals surface area contributed by atoms with Crippen molar-refractivity contribution in [3.05, 3.63) is 35.5 Å². The summed E-state index contributed by atoms with van der Waals surface area (Å²) in [5.74, 6) is -1.46. The minimum atomic E-state index is -3.34. The van der Waals surface area contributed by atoms with E-state index >= 15 is 0 Å². The van der Waals surface area contributed by atoms with Gasteiger partial charge in [0.25, 0.3) is 0 Å². The Balaban J connectivity index is 1.91. The number of hydrogen-bond acceptors (Lipinski definition) is 7. The van der Waals surface area contributed by atoms with Gasteiger partial charge in [-0.1, -0.05) is 0 Å². The molecule has 156 valence electrons. The number of carbonyl (C=O) groups is 2. The first-order valence-electron chi connectivity index (χ1n) is 8.80. The van der Waals surface area contributed by atoms with E-state index in [9.17, 15) is 18.0 Å². The zero-order valence-electron chi connectivity index (χ0n) is 16.3. The highest BCUT2D eigenvalue weighted by molar-refractivity contribution is 7.90. The van der Waals surface area contributed by atoms with Crippen LogP contribution >= 0.6 is 0 Å². The summed E-state index contributed by atoms with van der Waals surface area (Å²) < 4.78 is 35.5. The molecule has 3 rings (SSSR count). The average Bonchev–Trinajstić information content (AvgIpc) is 3.14. The van der Waals surface area contributed by atoms with Crippen molar-refractivity contribution >= 4 is 27.5 Å². The third-order valence-electron chi connectivity index (χ3n) is 4.34. The molecule has 0 bridgehead atoms. The van der Waals surface area contributed by atoms with Crippen LogP contribution in [0.4, 0.5) is 5.82 Å². The van der Waals surface area contributed by atoms with Crippen LogP contribution in [0.5, 0.6) is 5.75 Å². The zero-order chi connectivity index (χ0) is 21.2. The molecule has 2 N–H and O–H groups in total. The van der Waals surface area contributed by atoms with E-state index in [1.54, 1.807) is 31.2 Å². The molecule has 2 aromatic rings. The van der Waals surface area contributed by atoms with E-state index in [4.69, 9.17) is 9.47 Å². The minimum Gasteiger partial charge on any atom is -0.497 e. The van der Waals surface area contributed by atoms with E-state index in [0.29, 0.717) is 22.7 Å². The summed E-state index contributed by atoms with van der Waals surface area (Å²) >= 11 is 0. The normalized spacial score (nSPS) is 15.4. The van der Waals surface area contributed by atoms with Crippen LogP contribution in [0.3, 0.4) is 0 Å². The molecule has 1 unspecified atom stereocenters. The summed E-state index contributed by atoms with van der Waals surface area (Å²) in [5.41, 5.74) is 1.32. The van der Waals surface area contributed by atoms with Gasteiger partial charge in [0.1, 0.15) is 11.6 Å². The van der Waals surface area contributed by atoms with E-state index in [-0.39, 0.29) is 30.0 Å². The van der Waals surface area contributed by atoms with Gasteiger partial charge in [-0.3, -0.25) is 9.59 Å². The van der Waals surface area contributed by atoms with Gasteiger partial charge in [-0.15, -0.1) is 0 Å². The number of hydrogen-bond donors (Lipinski definition) is 2. The molecule has 11 heteroatoms. The number of carbonyl (C=O) groups excluding carboxylic acids is 2. The van der Waals surface area contributed by atoms with E-state index < -0.39 is 21.7 Å². The molecule has 0 saturated heterocycles. The number of nitrogens with one attached hydrogen (secondary N) is 2. The van der Waals surface area contributed by atoms with Crippen molar-refractivity contribution in [1.82, 2.24) is 15.1 Å². The molecular weight excluding hydrogens is 400 g/mol. The van der Waals surface area contributed by atoms with Crippen molar-refractivity contribution in [1.29, 1.82) is 0 Å². The lowest BCUT2D eigenvalue weighted by atomic mass is 10.2. The topological polar surface area (TPSA) is 129 Å². The summed E-state index contributed by atoms with van der Waals surface area (Å²) in [6.07, 6.45) is 0. The standard InChI is InChI=1S/C18H22N4O6S/c1-11(8-27-2)19-17(23)18(24)20-16-14-9-29(25,26)10-15(14)21-22(16)12-4-6-13(28-3)7-5-12/h4-7,11H,8-10H2,1-3H3,(H,19,23)(H,20,24). The average molecular weight is 422 g/mol. The number of methoxy groups -OCH3 is 2. The molecule has 0 fully saturated rings. The molecule has 1 aliphatic rings. The molecule has 29 heavy (non-hydrogen) atoms. The maximum Gasteiger partial charge on any atom is 0.314 e. The largest absolute Gasteiger partial charge is 0.497 e. The van der Waals surface area contributed by atoms with Crippen LogP contribution in [0, 0.1) is 0 Å². The Labute approximate surface area is 168 Å². The molecule has 0 radical (unpaired) electrons. The fraction of sp³-hybridized carbons (Fsp3) is 0.389. The fourth-order valence-electron chi connectivity index (χ4n) is 3.03. The molecule has 0 saturated carbocycles. The van der Waals surface area contributed by atoms with Gasteiger partial charge in [0.05, 0.1) is 36.6 Å². The van der Waals surface area contributed by atoms with E-state index in [0.717, 1.165) is 0 Å². The third kappa shape index (κ3) is 4.57. The number of anilines is 1. The number of amides is 2. The van der Waals surface area contributed by atoms with Gasteiger partial charge >= 0.3 is 11.8 Å². The predicted octanol–water partition coefficient (Wildman–Crippen LogP) is 0.399. The summed E-state index contributed by atoms with van der Waals surface area (Å²) in [4.78, 5) is 24.6. The van der Waals surface area contributed by atoms with Gasteiger partial charge in [0.15, 0.2) is 9.84 Å². The Kier molecular flexibility index (Phi) is 5.89. The van der Waals surface area contributed by atoms with Crippen LogP contribution in [-0.2, 0) is 35.7 Å². The molecule has 1 aliphatic heterocycles. The number of benzene rings is 1. The highest BCUT2D eigenvalue weighted by Crippen LogP contribution is 2.33. The second-order valence-electron chi connectivity index (χ2n) is 6.70. The first kappa shape index (κ1) is 20.8. The Hall–Kier alpha value is -2.92. The van der Waals surface area contributed by atoms with Gasteiger partial charge in [0.2, 0.25) is 0 Å². The number of rotatable bonds is 6. The second-order valence-corrected chi connectivity index (χ2v) is 8.76. The van der Waals surface area contributed by atoms with E-state index in [1.807, 2.05) is 0 Å². The molecule has 10 nitrogen and oxygen atoms in total. The zero-order valence-corrected chi connectivity index (χ0v) is 17.1. The van der Waals surface area contributed by atoms with E-state index in [1.165, 1.54) is 18.9 Å². The first-order chi connectivity index (χ1) is 13.7. The van der Waals surface area contributed by atoms with Crippen LogP contribution in [0.15, 0.2) is 24.3 Å². The van der Waals surface area contributed by atoms with Gasteiger partial charge in [0, 0.05) is 18.7 Å². The lowest BCUT2D eigenvalue weighted by Gasteiger charge is -2.14. The Morgan fingerprint density at radius 2 is 1.86 bits per heavy atom. The second kappa shape index (κ2) is 8.21. The highest BCUT2D eigenvalue weighted by Gasteiger charge is 2.34. The van der Waals surface area contributed by atoms with Crippen LogP contribution in [0.2, 0.25) is 0 Å². The maximum absolute atomic E-state index is 12.4. The minimum absolute atomic E-state index is 0.158. The monoisotopic (exact) mass is 422 g/mol. The highest BCUT2D eigenvalue weighted by atomic mass is 32.2. The predicted molar refractivity (Wildman–Crippen MR) is 105 cm³/mol. The molecule has 2 heterocycles. The van der Waals surface area contributed by atoms with Crippen molar-refractivity contribution in [2.45, 2.75) is 24.5 Å². The molecule has 1 aromatic carbocycles. The van der Waals surface area contributed by atoms with Crippen molar-refractivity contribution in [2.24, 2.45) is 0 Å². The SMILES string of the molecule is COCC(C)NC(=O)C(=O)Nc1c2c(nn1-c1ccc(OC)cc1)CS(=O)(=O)C2. The lowest BCUT2D eigenvalue weighted by molar-refractivity contribution is -0.136. The number of nitrogens with zero attached hydrogens (tertiary/aromatic N) is 2.